The van der Waals surface area contributed by atoms with Gasteiger partial charge in [0.1, 0.15) is 18.1 Å². The van der Waals surface area contributed by atoms with Gasteiger partial charge in [0.15, 0.2) is 0 Å². The largest absolute Gasteiger partial charge is 0.508 e. The van der Waals surface area contributed by atoms with Gasteiger partial charge in [-0.25, -0.2) is 20.0 Å². The lowest BCUT2D eigenvalue weighted by Gasteiger charge is -2.35. The first kappa shape index (κ1) is 48.0. The summed E-state index contributed by atoms with van der Waals surface area (Å²) in [6, 6.07) is 13.2. The summed E-state index contributed by atoms with van der Waals surface area (Å²) in [4.78, 5) is 96.5. The number of aryl methyl sites for hydroxylation is 1. The highest BCUT2D eigenvalue weighted by atomic mass is 31.2. The minimum atomic E-state index is -5.54. The van der Waals surface area contributed by atoms with Gasteiger partial charge < -0.3 is 58.2 Å². The van der Waals surface area contributed by atoms with Gasteiger partial charge >= 0.3 is 33.2 Å². The van der Waals surface area contributed by atoms with E-state index in [2.05, 4.69) is 10.5 Å². The lowest BCUT2D eigenvalue weighted by Crippen LogP contribution is -2.47. The summed E-state index contributed by atoms with van der Waals surface area (Å²) in [6.45, 7) is 3.63. The number of phenolic OH excluding ortho intramolecular Hbond substituents is 1. The molecular formula is C41H49N5O16P2. The molecule has 0 radical (unpaired) electrons. The van der Waals surface area contributed by atoms with E-state index in [0.29, 0.717) is 47.6 Å². The van der Waals surface area contributed by atoms with Crippen molar-refractivity contribution in [1.82, 2.24) is 19.9 Å². The Labute approximate surface area is 365 Å². The number of carbonyl (C=O) groups excluding carboxylic acids is 3. The molecule has 0 spiro atoms. The Kier molecular flexibility index (Phi) is 14.5. The first-order valence-corrected chi connectivity index (χ1v) is 23.5. The molecule has 21 nitrogen and oxygen atoms in total. The number of ether oxygens (including phenoxy) is 4. The Morgan fingerprint density at radius 3 is 2.48 bits per heavy atom. The molecule has 2 aromatic heterocycles. The molecule has 0 saturated heterocycles. The van der Waals surface area contributed by atoms with Crippen molar-refractivity contribution in [2.24, 2.45) is 5.10 Å². The van der Waals surface area contributed by atoms with Crippen molar-refractivity contribution in [3.63, 3.8) is 0 Å². The highest BCUT2D eigenvalue weighted by Crippen LogP contribution is 2.68. The smallest absolute Gasteiger partial charge is 0.427 e. The average molecular weight is 930 g/mol. The van der Waals surface area contributed by atoms with E-state index in [4.69, 9.17) is 23.9 Å². The summed E-state index contributed by atoms with van der Waals surface area (Å²) in [5.41, 5.74) is 4.29. The van der Waals surface area contributed by atoms with Gasteiger partial charge in [-0.15, -0.1) is 0 Å². The van der Waals surface area contributed by atoms with Crippen LogP contribution in [0.3, 0.4) is 0 Å². The molecule has 64 heavy (non-hydrogen) atoms. The predicted molar refractivity (Wildman–Crippen MR) is 228 cm³/mol. The molecule has 0 bridgehead atoms. The minimum Gasteiger partial charge on any atom is -0.508 e. The summed E-state index contributed by atoms with van der Waals surface area (Å²) in [7, 11) is -9.53. The van der Waals surface area contributed by atoms with Gasteiger partial charge in [0.2, 0.25) is 5.60 Å². The molecule has 1 amide bonds. The first-order chi connectivity index (χ1) is 30.2. The third kappa shape index (κ3) is 9.91. The number of hydrazone groups is 1. The molecule has 2 aliphatic heterocycles. The maximum absolute atomic E-state index is 14.0. The van der Waals surface area contributed by atoms with Crippen molar-refractivity contribution in [3.05, 3.63) is 86.7 Å². The third-order valence-electron chi connectivity index (χ3n) is 11.1. The topological polar surface area (TPSA) is 306 Å². The molecule has 1 atom stereocenters. The second-order valence-electron chi connectivity index (χ2n) is 15.3. The Morgan fingerprint density at radius 1 is 1.03 bits per heavy atom. The molecule has 344 valence electrons. The van der Waals surface area contributed by atoms with Gasteiger partial charge in [-0.3, -0.25) is 18.7 Å². The van der Waals surface area contributed by atoms with Gasteiger partial charge in [0.25, 0.3) is 10.6 Å². The Morgan fingerprint density at radius 2 is 1.78 bits per heavy atom. The number of cyclic esters (lactones) is 1. The molecule has 2 aromatic carbocycles. The summed E-state index contributed by atoms with van der Waals surface area (Å²) in [6.07, 6.45) is 0.346. The number of nitrogens with zero attached hydrogens (tertiary/aromatic N) is 4. The van der Waals surface area contributed by atoms with Gasteiger partial charge in [-0.2, -0.15) is 5.10 Å². The van der Waals surface area contributed by atoms with E-state index in [0.717, 1.165) is 16.5 Å². The molecule has 0 fully saturated rings. The second-order valence-corrected chi connectivity index (χ2v) is 19.3. The molecule has 7 N–H and O–H groups in total. The second kappa shape index (κ2) is 19.3. The fourth-order valence-corrected chi connectivity index (χ4v) is 9.79. The number of hydrogen-bond donors (Lipinski definition) is 7. The van der Waals surface area contributed by atoms with Gasteiger partial charge in [0, 0.05) is 42.4 Å². The van der Waals surface area contributed by atoms with Crippen molar-refractivity contribution in [1.29, 1.82) is 0 Å². The summed E-state index contributed by atoms with van der Waals surface area (Å²) >= 11 is 0. The van der Waals surface area contributed by atoms with Crippen molar-refractivity contribution >= 4 is 50.3 Å². The van der Waals surface area contributed by atoms with Crippen molar-refractivity contribution in [2.45, 2.75) is 76.2 Å². The van der Waals surface area contributed by atoms with Crippen LogP contribution in [-0.2, 0) is 58.1 Å². The lowest BCUT2D eigenvalue weighted by atomic mass is 9.85. The fraction of sp³-hybridized carbons (Fsp3) is 0.415. The van der Waals surface area contributed by atoms with Crippen molar-refractivity contribution in [2.75, 3.05) is 33.4 Å². The van der Waals surface area contributed by atoms with Crippen LogP contribution in [0.2, 0.25) is 0 Å². The number of aromatic nitrogens is 2. The van der Waals surface area contributed by atoms with Crippen molar-refractivity contribution < 1.29 is 72.2 Å². The maximum Gasteiger partial charge on any atom is 0.427 e. The SMILES string of the molecule is CCc1c2c(nc3ccc(O)cc13)-c1cc3c(c(=O)n1C2)COC(=O)[C@@]3(CC)OC(=O)CCCOC(=O)N/N=C/c1cccc(OCCCN(C)CCC(O)(P(=O)(O)O)P(=O)(O)O)c1. The summed E-state index contributed by atoms with van der Waals surface area (Å²) < 4.78 is 46.8. The normalized spacial score (nSPS) is 16.0. The minimum absolute atomic E-state index is 0.0290. The highest BCUT2D eigenvalue weighted by molar-refractivity contribution is 7.72. The number of aliphatic hydroxyl groups is 1. The molecule has 6 rings (SSSR count). The molecular weight excluding hydrogens is 880 g/mol. The van der Waals surface area contributed by atoms with E-state index in [9.17, 15) is 58.1 Å². The van der Waals surface area contributed by atoms with Crippen LogP contribution in [0.4, 0.5) is 4.79 Å². The van der Waals surface area contributed by atoms with Crippen LogP contribution in [0.25, 0.3) is 22.3 Å². The number of phenols is 1. The number of esters is 2. The Hall–Kier alpha value is -5.50. The zero-order valence-electron chi connectivity index (χ0n) is 35.1. The molecule has 2 aliphatic rings. The van der Waals surface area contributed by atoms with E-state index in [1.165, 1.54) is 17.2 Å². The number of carbonyl (C=O) groups is 3. The number of rotatable bonds is 19. The van der Waals surface area contributed by atoms with Gasteiger partial charge in [0.05, 0.1) is 48.4 Å². The van der Waals surface area contributed by atoms with Crippen molar-refractivity contribution in [3.8, 4) is 22.9 Å². The molecule has 4 heterocycles. The first-order valence-electron chi connectivity index (χ1n) is 20.2. The van der Waals surface area contributed by atoms with E-state index in [1.807, 2.05) is 6.92 Å². The van der Waals surface area contributed by atoms with E-state index >= 15 is 0 Å². The number of amides is 1. The van der Waals surface area contributed by atoms with Gasteiger partial charge in [-0.1, -0.05) is 26.0 Å². The zero-order chi connectivity index (χ0) is 46.6. The molecule has 0 aliphatic carbocycles. The van der Waals surface area contributed by atoms with Crippen LogP contribution >= 0.6 is 15.2 Å². The van der Waals surface area contributed by atoms with Crippen LogP contribution in [0.1, 0.15) is 73.8 Å². The van der Waals surface area contributed by atoms with E-state index in [-0.39, 0.29) is 69.0 Å². The monoisotopic (exact) mass is 929 g/mol. The highest BCUT2D eigenvalue weighted by Gasteiger charge is 2.59. The maximum atomic E-state index is 14.0. The molecule has 0 unspecified atom stereocenters. The number of hydrogen-bond acceptors (Lipinski definition) is 15. The van der Waals surface area contributed by atoms with Crippen LogP contribution in [-0.4, -0.2) is 107 Å². The lowest BCUT2D eigenvalue weighted by molar-refractivity contribution is -0.189. The predicted octanol–water partition coefficient (Wildman–Crippen LogP) is 3.53. The quantitative estimate of drug-likeness (QED) is 0.0156. The zero-order valence-corrected chi connectivity index (χ0v) is 36.9. The number of fused-ring (bicyclic) bond motifs is 5. The fourth-order valence-electron chi connectivity index (χ4n) is 7.65. The molecule has 23 heteroatoms. The van der Waals surface area contributed by atoms with E-state index < -0.39 is 55.9 Å². The van der Waals surface area contributed by atoms with E-state index in [1.54, 1.807) is 61.0 Å². The van der Waals surface area contributed by atoms with Crippen LogP contribution in [0, 0.1) is 0 Å². The van der Waals surface area contributed by atoms with Crippen LogP contribution in [0.5, 0.6) is 11.5 Å². The molecule has 0 saturated carbocycles. The Bertz CT molecular complexity index is 2620. The third-order valence-corrected chi connectivity index (χ3v) is 15.0. The van der Waals surface area contributed by atoms with Gasteiger partial charge in [-0.05, 0) is 80.3 Å². The summed E-state index contributed by atoms with van der Waals surface area (Å²) in [5, 5.41) is 21.4. The number of aromatic hydroxyl groups is 1. The van der Waals surface area contributed by atoms with Crippen LogP contribution in [0.15, 0.2) is 58.4 Å². The number of nitrogens with one attached hydrogen (secondary N) is 1. The Balaban J connectivity index is 0.979. The average Bonchev–Trinajstić information content (AvgIpc) is 3.61. The number of benzene rings is 2. The number of pyridine rings is 2. The molecule has 4 aromatic rings. The summed E-state index contributed by atoms with van der Waals surface area (Å²) in [5.74, 6) is -1.05. The standard InChI is InChI=1S/C41H49N5O16P2/c1-4-28-29-20-26(47)12-13-33(29)43-36-30(28)23-46-34(36)21-32-31(37(46)49)24-61-38(50)40(32,5-2)62-35(48)11-7-17-60-39(51)44-42-22-25-9-6-10-27(19-25)59-18-8-15-45(3)16-14-41(52,63(53,54)55)64(56,57)58/h6,9-10,12-13,19-22,47,52H,4-5,7-8,11,14-18,23-24H2,1-3H3,(H,44,51)(H2,53,54,55)(H2,56,57,58)/b42-22+/t40-/m0/s1. The van der Waals surface area contributed by atoms with Crippen LogP contribution < -0.4 is 15.7 Å².